The molecule has 1 amide bonds. The van der Waals surface area contributed by atoms with Crippen LogP contribution in [-0.2, 0) is 7.05 Å². The molecule has 4 aromatic rings. The maximum atomic E-state index is 12.3. The number of nitrogens with one attached hydrogen (secondary N) is 1. The number of anilines is 1. The normalized spacial score (nSPS) is 10.5. The molecule has 1 N–H and O–H groups in total. The van der Waals surface area contributed by atoms with Crippen LogP contribution in [0.25, 0.3) is 5.82 Å². The molecular formula is C20H16N6O3. The van der Waals surface area contributed by atoms with Gasteiger partial charge in [0.2, 0.25) is 5.88 Å². The largest absolute Gasteiger partial charge is 0.439 e. The smallest absolute Gasteiger partial charge is 0.263 e. The average molecular weight is 388 g/mol. The maximum Gasteiger partial charge on any atom is 0.263 e. The van der Waals surface area contributed by atoms with E-state index in [9.17, 15) is 9.59 Å². The van der Waals surface area contributed by atoms with Crippen LogP contribution >= 0.6 is 0 Å². The molecule has 0 aliphatic carbocycles. The zero-order chi connectivity index (χ0) is 20.2. The molecule has 3 heterocycles. The minimum absolute atomic E-state index is 0.0725. The lowest BCUT2D eigenvalue weighted by Gasteiger charge is -2.09. The highest BCUT2D eigenvalue weighted by molar-refractivity contribution is 6.03. The van der Waals surface area contributed by atoms with Gasteiger partial charge in [-0.2, -0.15) is 0 Å². The van der Waals surface area contributed by atoms with Crippen molar-refractivity contribution in [1.82, 2.24) is 24.1 Å². The number of rotatable bonds is 5. The Morgan fingerprint density at radius 3 is 2.69 bits per heavy atom. The lowest BCUT2D eigenvalue weighted by molar-refractivity contribution is 0.102. The molecular weight excluding hydrogens is 372 g/mol. The Hall–Kier alpha value is -4.27. The molecule has 0 fully saturated rings. The predicted octanol–water partition coefficient (Wildman–Crippen LogP) is 2.41. The van der Waals surface area contributed by atoms with E-state index in [4.69, 9.17) is 4.74 Å². The van der Waals surface area contributed by atoms with Crippen molar-refractivity contribution >= 4 is 11.6 Å². The van der Waals surface area contributed by atoms with E-state index < -0.39 is 5.91 Å². The van der Waals surface area contributed by atoms with Gasteiger partial charge in [-0.1, -0.05) is 0 Å². The molecule has 29 heavy (non-hydrogen) atoms. The molecule has 0 bridgehead atoms. The van der Waals surface area contributed by atoms with E-state index in [0.717, 1.165) is 0 Å². The third kappa shape index (κ3) is 4.03. The molecule has 9 nitrogen and oxygen atoms in total. The first kappa shape index (κ1) is 18.1. The zero-order valence-electron chi connectivity index (χ0n) is 15.4. The van der Waals surface area contributed by atoms with Crippen LogP contribution in [0.4, 0.5) is 5.69 Å². The minimum Gasteiger partial charge on any atom is -0.439 e. The Morgan fingerprint density at radius 1 is 1.10 bits per heavy atom. The quantitative estimate of drug-likeness (QED) is 0.563. The summed E-state index contributed by atoms with van der Waals surface area (Å²) in [7, 11) is 1.59. The molecule has 1 aromatic carbocycles. The van der Waals surface area contributed by atoms with Crippen LogP contribution in [0.3, 0.4) is 0 Å². The van der Waals surface area contributed by atoms with Crippen molar-refractivity contribution in [2.45, 2.75) is 0 Å². The molecule has 0 atom stereocenters. The number of carbonyl (C=O) groups is 1. The second-order valence-corrected chi connectivity index (χ2v) is 6.10. The standard InChI is InChI=1S/C20H16N6O3/c1-25-9-2-3-16(20(25)28)19(27)24-14-4-6-15(7-5-14)29-18-11-17(22-12-23-18)26-10-8-21-13-26/h2-13H,1H3,(H,24,27). The van der Waals surface area contributed by atoms with Gasteiger partial charge in [-0.15, -0.1) is 0 Å². The van der Waals surface area contributed by atoms with Crippen molar-refractivity contribution in [2.75, 3.05) is 5.32 Å². The van der Waals surface area contributed by atoms with Crippen molar-refractivity contribution in [1.29, 1.82) is 0 Å². The number of hydrogen-bond acceptors (Lipinski definition) is 6. The molecule has 0 unspecified atom stereocenters. The summed E-state index contributed by atoms with van der Waals surface area (Å²) in [4.78, 5) is 36.6. The molecule has 9 heteroatoms. The Kier molecular flexibility index (Phi) is 4.85. The monoisotopic (exact) mass is 388 g/mol. The van der Waals surface area contributed by atoms with Gasteiger partial charge in [0.1, 0.15) is 29.8 Å². The first-order valence-electron chi connectivity index (χ1n) is 8.65. The highest BCUT2D eigenvalue weighted by Gasteiger charge is 2.11. The SMILES string of the molecule is Cn1cccc(C(=O)Nc2ccc(Oc3cc(-n4ccnc4)ncn3)cc2)c1=O. The number of nitrogens with zero attached hydrogens (tertiary/aromatic N) is 5. The maximum absolute atomic E-state index is 12.3. The van der Waals surface area contributed by atoms with Crippen molar-refractivity contribution < 1.29 is 9.53 Å². The van der Waals surface area contributed by atoms with E-state index in [1.165, 1.54) is 17.0 Å². The minimum atomic E-state index is -0.472. The number of aromatic nitrogens is 5. The van der Waals surface area contributed by atoms with E-state index in [2.05, 4.69) is 20.3 Å². The highest BCUT2D eigenvalue weighted by atomic mass is 16.5. The summed E-state index contributed by atoms with van der Waals surface area (Å²) in [6.45, 7) is 0. The number of carbonyl (C=O) groups excluding carboxylic acids is 1. The van der Waals surface area contributed by atoms with Crippen LogP contribution in [0.2, 0.25) is 0 Å². The molecule has 0 radical (unpaired) electrons. The van der Waals surface area contributed by atoms with Crippen molar-refractivity contribution in [3.05, 3.63) is 89.6 Å². The number of aryl methyl sites for hydroxylation is 1. The van der Waals surface area contributed by atoms with Gasteiger partial charge >= 0.3 is 0 Å². The summed E-state index contributed by atoms with van der Waals surface area (Å²) < 4.78 is 8.84. The highest BCUT2D eigenvalue weighted by Crippen LogP contribution is 2.22. The molecule has 3 aromatic heterocycles. The number of imidazole rings is 1. The van der Waals surface area contributed by atoms with Crippen LogP contribution in [0.1, 0.15) is 10.4 Å². The Labute approximate surface area is 165 Å². The first-order valence-corrected chi connectivity index (χ1v) is 8.65. The molecule has 0 aliphatic rings. The van der Waals surface area contributed by atoms with Gasteiger partial charge in [0, 0.05) is 37.4 Å². The van der Waals surface area contributed by atoms with E-state index in [1.807, 2.05) is 0 Å². The third-order valence-corrected chi connectivity index (χ3v) is 4.10. The molecule has 0 saturated carbocycles. The van der Waals surface area contributed by atoms with E-state index in [0.29, 0.717) is 23.1 Å². The van der Waals surface area contributed by atoms with Crippen molar-refractivity contribution in [2.24, 2.45) is 7.05 Å². The van der Waals surface area contributed by atoms with Gasteiger partial charge in [-0.3, -0.25) is 14.2 Å². The third-order valence-electron chi connectivity index (χ3n) is 4.10. The Morgan fingerprint density at radius 2 is 1.93 bits per heavy atom. The second-order valence-electron chi connectivity index (χ2n) is 6.10. The van der Waals surface area contributed by atoms with E-state index in [-0.39, 0.29) is 11.1 Å². The van der Waals surface area contributed by atoms with Crippen LogP contribution in [-0.4, -0.2) is 30.0 Å². The fourth-order valence-electron chi connectivity index (χ4n) is 2.62. The van der Waals surface area contributed by atoms with Crippen LogP contribution in [0.5, 0.6) is 11.6 Å². The van der Waals surface area contributed by atoms with Crippen LogP contribution in [0.15, 0.2) is 78.5 Å². The number of benzene rings is 1. The number of pyridine rings is 1. The predicted molar refractivity (Wildman–Crippen MR) is 105 cm³/mol. The Bertz CT molecular complexity index is 1200. The number of amides is 1. The summed E-state index contributed by atoms with van der Waals surface area (Å²) in [5, 5.41) is 2.70. The molecule has 0 spiro atoms. The summed E-state index contributed by atoms with van der Waals surface area (Å²) in [6.07, 6.45) is 8.05. The summed E-state index contributed by atoms with van der Waals surface area (Å²) in [5.41, 5.74) is 0.251. The van der Waals surface area contributed by atoms with Gasteiger partial charge in [-0.05, 0) is 36.4 Å². The molecule has 4 rings (SSSR count). The second kappa shape index (κ2) is 7.77. The van der Waals surface area contributed by atoms with Crippen LogP contribution < -0.4 is 15.6 Å². The van der Waals surface area contributed by atoms with Gasteiger partial charge in [0.05, 0.1) is 0 Å². The summed E-state index contributed by atoms with van der Waals surface area (Å²) >= 11 is 0. The fraction of sp³-hybridized carbons (Fsp3) is 0.0500. The average Bonchev–Trinajstić information content (AvgIpc) is 3.27. The van der Waals surface area contributed by atoms with Crippen molar-refractivity contribution in [3.8, 4) is 17.4 Å². The first-order chi connectivity index (χ1) is 14.1. The fourth-order valence-corrected chi connectivity index (χ4v) is 2.62. The van der Waals surface area contributed by atoms with Gasteiger partial charge < -0.3 is 14.6 Å². The van der Waals surface area contributed by atoms with Gasteiger partial charge in [0.15, 0.2) is 0 Å². The lowest BCUT2D eigenvalue weighted by Crippen LogP contribution is -2.26. The number of hydrogen-bond donors (Lipinski definition) is 1. The van der Waals surface area contributed by atoms with Gasteiger partial charge in [-0.25, -0.2) is 15.0 Å². The summed E-state index contributed by atoms with van der Waals surface area (Å²) in [5.74, 6) is 1.06. The molecule has 0 aliphatic heterocycles. The summed E-state index contributed by atoms with van der Waals surface area (Å²) in [6, 6.07) is 11.6. The van der Waals surface area contributed by atoms with Gasteiger partial charge in [0.25, 0.3) is 11.5 Å². The van der Waals surface area contributed by atoms with Crippen LogP contribution in [0, 0.1) is 0 Å². The van der Waals surface area contributed by atoms with E-state index in [1.54, 1.807) is 72.9 Å². The molecule has 144 valence electrons. The Balaban J connectivity index is 1.46. The number of ether oxygens (including phenoxy) is 1. The zero-order valence-corrected chi connectivity index (χ0v) is 15.4. The lowest BCUT2D eigenvalue weighted by atomic mass is 10.2. The van der Waals surface area contributed by atoms with Crippen molar-refractivity contribution in [3.63, 3.8) is 0 Å². The van der Waals surface area contributed by atoms with E-state index >= 15 is 0 Å². The molecule has 0 saturated heterocycles. The topological polar surface area (TPSA) is 104 Å².